The zero-order chi connectivity index (χ0) is 23.0. The van der Waals surface area contributed by atoms with E-state index < -0.39 is 25.7 Å². The van der Waals surface area contributed by atoms with Crippen molar-refractivity contribution in [1.82, 2.24) is 19.3 Å². The molecule has 168 valence electrons. The van der Waals surface area contributed by atoms with Crippen molar-refractivity contribution >= 4 is 24.7 Å². The maximum absolute atomic E-state index is 13.0. The molecule has 0 atom stereocenters. The molecule has 3 heterocycles. The quantitative estimate of drug-likeness (QED) is 0.207. The van der Waals surface area contributed by atoms with Crippen molar-refractivity contribution in [2.75, 3.05) is 6.61 Å². The number of hydrogen-bond acceptors (Lipinski definition) is 5. The van der Waals surface area contributed by atoms with Crippen molar-refractivity contribution in [1.29, 1.82) is 0 Å². The average molecular weight is 456 g/mol. The van der Waals surface area contributed by atoms with E-state index in [1.807, 2.05) is 0 Å². The molecule has 0 N–H and O–H groups in total. The summed E-state index contributed by atoms with van der Waals surface area (Å²) in [6.07, 6.45) is -1.76. The fourth-order valence-corrected chi connectivity index (χ4v) is 3.90. The van der Waals surface area contributed by atoms with Gasteiger partial charge in [-0.25, -0.2) is 4.68 Å². The van der Waals surface area contributed by atoms with E-state index in [0.29, 0.717) is 17.7 Å². The minimum atomic E-state index is -4.40. The summed E-state index contributed by atoms with van der Waals surface area (Å²) < 4.78 is 47.0. The number of nitrogens with zero attached hydrogens (tertiary/aromatic N) is 5. The standard InChI is InChI=1S/C19H24F3N5O3Si/c1-13-7-14-9-23-15(8-16(14)26(13)11-19(20,21)22)18-17(27(28)29)10-25(24-18)12-30-5-6-31(2,3)4/h7-10H,5-6,11-12H2,1-4H3. The predicted molar refractivity (Wildman–Crippen MR) is 113 cm³/mol. The van der Waals surface area contributed by atoms with E-state index in [2.05, 4.69) is 29.7 Å². The minimum Gasteiger partial charge on any atom is -0.360 e. The molecule has 8 nitrogen and oxygen atoms in total. The molecule has 3 aromatic rings. The van der Waals surface area contributed by atoms with Crippen LogP contribution in [0.3, 0.4) is 0 Å². The van der Waals surface area contributed by atoms with Gasteiger partial charge in [0.2, 0.25) is 0 Å². The molecule has 3 aromatic heterocycles. The van der Waals surface area contributed by atoms with Gasteiger partial charge in [-0.3, -0.25) is 15.1 Å². The van der Waals surface area contributed by atoms with E-state index in [1.165, 1.54) is 23.1 Å². The first-order valence-corrected chi connectivity index (χ1v) is 13.4. The number of pyridine rings is 1. The second-order valence-corrected chi connectivity index (χ2v) is 14.2. The molecule has 0 amide bonds. The highest BCUT2D eigenvalue weighted by Gasteiger charge is 2.30. The molecule has 0 saturated heterocycles. The van der Waals surface area contributed by atoms with E-state index in [4.69, 9.17) is 4.74 Å². The highest BCUT2D eigenvalue weighted by molar-refractivity contribution is 6.76. The lowest BCUT2D eigenvalue weighted by Gasteiger charge is -2.15. The molecule has 12 heteroatoms. The van der Waals surface area contributed by atoms with Crippen molar-refractivity contribution < 1.29 is 22.8 Å². The second kappa shape index (κ2) is 8.42. The fraction of sp³-hybridized carbons (Fsp3) is 0.474. The Morgan fingerprint density at radius 3 is 2.58 bits per heavy atom. The summed E-state index contributed by atoms with van der Waals surface area (Å²) in [6, 6.07) is 3.94. The first kappa shape index (κ1) is 22.9. The van der Waals surface area contributed by atoms with Crippen LogP contribution in [0.5, 0.6) is 0 Å². The van der Waals surface area contributed by atoms with Crippen LogP contribution in [0.15, 0.2) is 24.5 Å². The van der Waals surface area contributed by atoms with Gasteiger partial charge < -0.3 is 9.30 Å². The molecule has 0 unspecified atom stereocenters. The van der Waals surface area contributed by atoms with Crippen LogP contribution in [0, 0.1) is 17.0 Å². The lowest BCUT2D eigenvalue weighted by Crippen LogP contribution is -2.22. The van der Waals surface area contributed by atoms with E-state index >= 15 is 0 Å². The molecule has 0 saturated carbocycles. The second-order valence-electron chi connectivity index (χ2n) is 8.62. The average Bonchev–Trinajstić information content (AvgIpc) is 3.18. The Labute approximate surface area is 177 Å². The minimum absolute atomic E-state index is 0.0156. The summed E-state index contributed by atoms with van der Waals surface area (Å²) in [7, 11) is -1.27. The van der Waals surface area contributed by atoms with Crippen LogP contribution >= 0.6 is 0 Å². The Kier molecular flexibility index (Phi) is 6.23. The fourth-order valence-electron chi connectivity index (χ4n) is 3.14. The third-order valence-corrected chi connectivity index (χ3v) is 6.44. The molecule has 0 fully saturated rings. The van der Waals surface area contributed by atoms with Crippen molar-refractivity contribution in [2.45, 2.75) is 52.1 Å². The van der Waals surface area contributed by atoms with Gasteiger partial charge in [-0.05, 0) is 25.1 Å². The third-order valence-electron chi connectivity index (χ3n) is 4.73. The lowest BCUT2D eigenvalue weighted by atomic mass is 10.2. The number of fused-ring (bicyclic) bond motifs is 1. The Bertz CT molecular complexity index is 1100. The van der Waals surface area contributed by atoms with Crippen molar-refractivity contribution in [3.63, 3.8) is 0 Å². The van der Waals surface area contributed by atoms with E-state index in [9.17, 15) is 23.3 Å². The van der Waals surface area contributed by atoms with Gasteiger partial charge in [-0.2, -0.15) is 18.3 Å². The Hall–Kier alpha value is -2.73. The summed E-state index contributed by atoms with van der Waals surface area (Å²) in [4.78, 5) is 15.1. The molecule has 0 aliphatic carbocycles. The number of hydrogen-bond donors (Lipinski definition) is 0. The van der Waals surface area contributed by atoms with Crippen molar-refractivity contribution in [3.8, 4) is 11.4 Å². The number of rotatable bonds is 8. The van der Waals surface area contributed by atoms with Crippen LogP contribution in [-0.2, 0) is 18.0 Å². The molecule has 31 heavy (non-hydrogen) atoms. The number of ether oxygens (including phenoxy) is 1. The molecule has 0 bridgehead atoms. The summed E-state index contributed by atoms with van der Waals surface area (Å²) >= 11 is 0. The highest BCUT2D eigenvalue weighted by Crippen LogP contribution is 2.31. The van der Waals surface area contributed by atoms with Crippen molar-refractivity contribution in [3.05, 3.63) is 40.3 Å². The van der Waals surface area contributed by atoms with Gasteiger partial charge in [0, 0.05) is 32.0 Å². The van der Waals surface area contributed by atoms with E-state index in [-0.39, 0.29) is 29.3 Å². The Morgan fingerprint density at radius 2 is 1.97 bits per heavy atom. The molecular weight excluding hydrogens is 431 g/mol. The van der Waals surface area contributed by atoms with Gasteiger partial charge in [0.15, 0.2) is 5.69 Å². The summed E-state index contributed by atoms with van der Waals surface area (Å²) in [5, 5.41) is 16.3. The van der Waals surface area contributed by atoms with Gasteiger partial charge in [0.05, 0.1) is 16.1 Å². The van der Waals surface area contributed by atoms with Crippen LogP contribution in [0.2, 0.25) is 25.7 Å². The van der Waals surface area contributed by atoms with Gasteiger partial charge in [-0.1, -0.05) is 19.6 Å². The van der Waals surface area contributed by atoms with Gasteiger partial charge in [0.1, 0.15) is 19.5 Å². The summed E-state index contributed by atoms with van der Waals surface area (Å²) in [5.74, 6) is 0. The van der Waals surface area contributed by atoms with Gasteiger partial charge in [0.25, 0.3) is 0 Å². The normalized spacial score (nSPS) is 12.6. The Morgan fingerprint density at radius 1 is 1.26 bits per heavy atom. The SMILES string of the molecule is Cc1cc2cnc(-c3nn(COCC[Si](C)(C)C)cc3[N+](=O)[O-])cc2n1CC(F)(F)F. The predicted octanol–water partition coefficient (Wildman–Crippen LogP) is 4.99. The molecule has 0 radical (unpaired) electrons. The zero-order valence-electron chi connectivity index (χ0n) is 17.7. The maximum Gasteiger partial charge on any atom is 0.406 e. The molecular formula is C19H24F3N5O3Si. The van der Waals surface area contributed by atoms with Gasteiger partial charge >= 0.3 is 11.9 Å². The summed E-state index contributed by atoms with van der Waals surface area (Å²) in [6.45, 7) is 7.61. The van der Waals surface area contributed by atoms with E-state index in [1.54, 1.807) is 13.0 Å². The molecule has 0 aliphatic rings. The molecule has 3 rings (SSSR count). The molecule has 0 aliphatic heterocycles. The van der Waals surface area contributed by atoms with Gasteiger partial charge in [-0.15, -0.1) is 0 Å². The van der Waals surface area contributed by atoms with E-state index in [0.717, 1.165) is 10.6 Å². The monoisotopic (exact) mass is 455 g/mol. The Balaban J connectivity index is 1.93. The lowest BCUT2D eigenvalue weighted by molar-refractivity contribution is -0.384. The number of aryl methyl sites for hydroxylation is 1. The highest BCUT2D eigenvalue weighted by atomic mass is 28.3. The largest absolute Gasteiger partial charge is 0.406 e. The van der Waals surface area contributed by atoms with Crippen LogP contribution in [-0.4, -0.2) is 45.1 Å². The van der Waals surface area contributed by atoms with Crippen LogP contribution in [0.4, 0.5) is 18.9 Å². The van der Waals surface area contributed by atoms with Crippen LogP contribution < -0.4 is 0 Å². The smallest absolute Gasteiger partial charge is 0.360 e. The summed E-state index contributed by atoms with van der Waals surface area (Å²) in [5.41, 5.74) is 0.531. The number of alkyl halides is 3. The number of nitro groups is 1. The number of halogens is 3. The number of aromatic nitrogens is 4. The first-order valence-electron chi connectivity index (χ1n) is 9.67. The topological polar surface area (TPSA) is 88.0 Å². The van der Waals surface area contributed by atoms with Crippen molar-refractivity contribution in [2.24, 2.45) is 0 Å². The maximum atomic E-state index is 13.0. The molecule has 0 aromatic carbocycles. The molecule has 0 spiro atoms. The van der Waals surface area contributed by atoms with Crippen LogP contribution in [0.25, 0.3) is 22.3 Å². The zero-order valence-corrected chi connectivity index (χ0v) is 18.7. The first-order chi connectivity index (χ1) is 14.3. The van der Waals surface area contributed by atoms with Crippen LogP contribution in [0.1, 0.15) is 5.69 Å². The third kappa shape index (κ3) is 5.70.